The fraction of sp³-hybridized carbons (Fsp3) is 0.138. The molecule has 0 aliphatic rings. The molecule has 210 valence electrons. The van der Waals surface area contributed by atoms with E-state index in [-0.39, 0.29) is 28.3 Å². The topological polar surface area (TPSA) is 160 Å². The van der Waals surface area contributed by atoms with Crippen LogP contribution in [0.2, 0.25) is 0 Å². The Labute approximate surface area is 238 Å². The fourth-order valence-electron chi connectivity index (χ4n) is 4.06. The first-order chi connectivity index (χ1) is 19.5. The highest BCUT2D eigenvalue weighted by atomic mass is 32.2. The zero-order chi connectivity index (χ0) is 29.8. The third-order valence-corrected chi connectivity index (χ3v) is 7.45. The number of anilines is 2. The highest BCUT2D eigenvalue weighted by Crippen LogP contribution is 2.26. The third-order valence-electron chi connectivity index (χ3n) is 6.34. The van der Waals surface area contributed by atoms with Crippen molar-refractivity contribution in [1.82, 2.24) is 9.36 Å². The molecule has 2 amide bonds. The molecular weight excluding hydrogens is 548 g/mol. The number of aromatic nitrogens is 2. The lowest BCUT2D eigenvalue weighted by atomic mass is 10.0. The van der Waals surface area contributed by atoms with Gasteiger partial charge in [-0.15, -0.1) is 11.8 Å². The van der Waals surface area contributed by atoms with Gasteiger partial charge in [-0.05, 0) is 68.4 Å². The van der Waals surface area contributed by atoms with Crippen molar-refractivity contribution in [3.63, 3.8) is 0 Å². The Bertz CT molecular complexity index is 1710. The average Bonchev–Trinajstić information content (AvgIpc) is 3.16. The molecule has 0 bridgehead atoms. The zero-order valence-corrected chi connectivity index (χ0v) is 23.1. The van der Waals surface area contributed by atoms with E-state index in [9.17, 15) is 29.1 Å². The maximum absolute atomic E-state index is 13.1. The first-order valence-corrected chi connectivity index (χ1v) is 13.2. The van der Waals surface area contributed by atoms with Crippen molar-refractivity contribution in [2.45, 2.75) is 24.0 Å². The van der Waals surface area contributed by atoms with Gasteiger partial charge in [-0.3, -0.25) is 19.1 Å². The number of carbonyl (C=O) groups excluding carboxylic acids is 2. The molecule has 4 N–H and O–H groups in total. The van der Waals surface area contributed by atoms with Crippen LogP contribution in [0, 0.1) is 6.92 Å². The number of carbonyl (C=O) groups is 4. The number of hydrogen-bond acceptors (Lipinski definition) is 6. The summed E-state index contributed by atoms with van der Waals surface area (Å²) in [5.74, 6) is -3.81. The summed E-state index contributed by atoms with van der Waals surface area (Å²) < 4.78 is 3.16. The number of nitrogens with zero attached hydrogens (tertiary/aromatic N) is 2. The number of aromatic carboxylic acids is 2. The number of carboxylic acid groups (broad SMARTS) is 2. The van der Waals surface area contributed by atoms with Crippen molar-refractivity contribution in [2.75, 3.05) is 10.6 Å². The number of carboxylic acids is 2. The summed E-state index contributed by atoms with van der Waals surface area (Å²) in [6, 6.07) is 18.9. The standard InChI is InChI=1S/C29H26N4O7S/c1-16-24(27(36)33(32(16)3)20-7-5-4-6-8-20)31-25(34)17(2)41-21-12-10-19(11-13-21)30-26(35)22-14-9-18(28(37)38)15-23(22)29(39)40/h4-15,17H,1-3H3,(H,30,35)(H,31,34)(H,37,38)(H,39,40). The van der Waals surface area contributed by atoms with Gasteiger partial charge < -0.3 is 20.8 Å². The molecule has 41 heavy (non-hydrogen) atoms. The largest absolute Gasteiger partial charge is 0.478 e. The quantitative estimate of drug-likeness (QED) is 0.216. The predicted molar refractivity (Wildman–Crippen MR) is 154 cm³/mol. The van der Waals surface area contributed by atoms with Gasteiger partial charge in [-0.2, -0.15) is 0 Å². The monoisotopic (exact) mass is 574 g/mol. The Morgan fingerprint density at radius 3 is 2.12 bits per heavy atom. The summed E-state index contributed by atoms with van der Waals surface area (Å²) >= 11 is 1.25. The fourth-order valence-corrected chi connectivity index (χ4v) is 4.93. The molecule has 0 radical (unpaired) electrons. The van der Waals surface area contributed by atoms with Crippen LogP contribution in [-0.2, 0) is 11.8 Å². The summed E-state index contributed by atoms with van der Waals surface area (Å²) in [7, 11) is 1.74. The molecule has 0 aliphatic heterocycles. The normalized spacial score (nSPS) is 11.5. The predicted octanol–water partition coefficient (Wildman–Crippen LogP) is 4.25. The van der Waals surface area contributed by atoms with E-state index < -0.39 is 28.7 Å². The van der Waals surface area contributed by atoms with E-state index in [1.54, 1.807) is 62.0 Å². The van der Waals surface area contributed by atoms with Crippen molar-refractivity contribution in [1.29, 1.82) is 0 Å². The second kappa shape index (κ2) is 12.0. The Morgan fingerprint density at radius 1 is 0.854 bits per heavy atom. The van der Waals surface area contributed by atoms with Gasteiger partial charge in [-0.25, -0.2) is 14.3 Å². The highest BCUT2D eigenvalue weighted by molar-refractivity contribution is 8.00. The number of benzene rings is 3. The lowest BCUT2D eigenvalue weighted by Gasteiger charge is -2.12. The summed E-state index contributed by atoms with van der Waals surface area (Å²) in [4.78, 5) is 62.2. The molecule has 0 spiro atoms. The molecule has 0 fully saturated rings. The summed E-state index contributed by atoms with van der Waals surface area (Å²) in [6.45, 7) is 3.46. The van der Waals surface area contributed by atoms with Gasteiger partial charge in [-0.1, -0.05) is 18.2 Å². The lowest BCUT2D eigenvalue weighted by molar-refractivity contribution is -0.115. The van der Waals surface area contributed by atoms with Crippen LogP contribution < -0.4 is 16.2 Å². The molecular formula is C29H26N4O7S. The lowest BCUT2D eigenvalue weighted by Crippen LogP contribution is -2.27. The molecule has 1 heterocycles. The second-order valence-corrected chi connectivity index (χ2v) is 10.4. The Hall–Kier alpha value is -5.10. The molecule has 0 aliphatic carbocycles. The van der Waals surface area contributed by atoms with Crippen LogP contribution in [0.3, 0.4) is 0 Å². The van der Waals surface area contributed by atoms with Crippen LogP contribution >= 0.6 is 11.8 Å². The smallest absolute Gasteiger partial charge is 0.336 e. The van der Waals surface area contributed by atoms with Gasteiger partial charge in [0.2, 0.25) is 5.91 Å². The van der Waals surface area contributed by atoms with E-state index >= 15 is 0 Å². The number of para-hydroxylation sites is 1. The Morgan fingerprint density at radius 2 is 1.51 bits per heavy atom. The third kappa shape index (κ3) is 6.23. The van der Waals surface area contributed by atoms with Crippen LogP contribution in [0.5, 0.6) is 0 Å². The van der Waals surface area contributed by atoms with Crippen molar-refractivity contribution in [3.8, 4) is 5.69 Å². The minimum absolute atomic E-state index is 0.186. The van der Waals surface area contributed by atoms with Gasteiger partial charge >= 0.3 is 11.9 Å². The van der Waals surface area contributed by atoms with Crippen LogP contribution in [-0.4, -0.2) is 48.6 Å². The van der Waals surface area contributed by atoms with Crippen LogP contribution in [0.1, 0.15) is 43.7 Å². The van der Waals surface area contributed by atoms with Crippen molar-refractivity contribution in [3.05, 3.63) is 106 Å². The van der Waals surface area contributed by atoms with Gasteiger partial charge in [0.15, 0.2) is 0 Å². The van der Waals surface area contributed by atoms with E-state index in [4.69, 9.17) is 5.11 Å². The molecule has 1 atom stereocenters. The van der Waals surface area contributed by atoms with Crippen LogP contribution in [0.4, 0.5) is 11.4 Å². The number of amides is 2. The van der Waals surface area contributed by atoms with E-state index in [1.807, 2.05) is 18.2 Å². The summed E-state index contributed by atoms with van der Waals surface area (Å²) in [6.07, 6.45) is 0. The maximum atomic E-state index is 13.1. The zero-order valence-electron chi connectivity index (χ0n) is 22.2. The number of rotatable bonds is 9. The van der Waals surface area contributed by atoms with Crippen LogP contribution in [0.15, 0.2) is 82.5 Å². The minimum Gasteiger partial charge on any atom is -0.478 e. The van der Waals surface area contributed by atoms with E-state index in [0.717, 1.165) is 18.2 Å². The molecule has 0 saturated heterocycles. The molecule has 1 aromatic heterocycles. The van der Waals surface area contributed by atoms with Crippen molar-refractivity contribution in [2.24, 2.45) is 7.05 Å². The van der Waals surface area contributed by atoms with Gasteiger partial charge in [0.1, 0.15) is 5.69 Å². The molecule has 11 nitrogen and oxygen atoms in total. The van der Waals surface area contributed by atoms with Gasteiger partial charge in [0.05, 0.1) is 33.3 Å². The van der Waals surface area contributed by atoms with E-state index in [1.165, 1.54) is 16.4 Å². The van der Waals surface area contributed by atoms with Crippen LogP contribution in [0.25, 0.3) is 5.69 Å². The Balaban J connectivity index is 1.42. The highest BCUT2D eigenvalue weighted by Gasteiger charge is 2.22. The minimum atomic E-state index is -1.43. The summed E-state index contributed by atoms with van der Waals surface area (Å²) in [5, 5.41) is 23.3. The number of hydrogen-bond donors (Lipinski definition) is 4. The molecule has 1 unspecified atom stereocenters. The average molecular weight is 575 g/mol. The number of thioether (sulfide) groups is 1. The van der Waals surface area contributed by atoms with Crippen molar-refractivity contribution >= 4 is 46.9 Å². The SMILES string of the molecule is Cc1c(NC(=O)C(C)Sc2ccc(NC(=O)c3ccc(C(=O)O)cc3C(=O)O)cc2)c(=O)n(-c2ccccc2)n1C. The second-order valence-electron chi connectivity index (χ2n) is 9.04. The first-order valence-electron chi connectivity index (χ1n) is 12.3. The maximum Gasteiger partial charge on any atom is 0.336 e. The summed E-state index contributed by atoms with van der Waals surface area (Å²) in [5.41, 5.74) is 0.643. The van der Waals surface area contributed by atoms with Gasteiger partial charge in [0, 0.05) is 17.6 Å². The Kier molecular flexibility index (Phi) is 8.43. The molecule has 12 heteroatoms. The van der Waals surface area contributed by atoms with E-state index in [0.29, 0.717) is 22.0 Å². The number of nitrogens with one attached hydrogen (secondary N) is 2. The molecule has 3 aromatic carbocycles. The van der Waals surface area contributed by atoms with E-state index in [2.05, 4.69) is 10.6 Å². The first kappa shape index (κ1) is 28.9. The molecule has 0 saturated carbocycles. The molecule has 4 rings (SSSR count). The van der Waals surface area contributed by atoms with Gasteiger partial charge in [0.25, 0.3) is 11.5 Å². The van der Waals surface area contributed by atoms with Crippen molar-refractivity contribution < 1.29 is 29.4 Å². The molecule has 4 aromatic rings.